The van der Waals surface area contributed by atoms with Gasteiger partial charge in [-0.15, -0.1) is 0 Å². The third kappa shape index (κ3) is 5.30. The molecule has 0 aromatic heterocycles. The molecule has 148 valence electrons. The van der Waals surface area contributed by atoms with Gasteiger partial charge in [0.2, 0.25) is 11.8 Å². The highest BCUT2D eigenvalue weighted by molar-refractivity contribution is 5.94. The van der Waals surface area contributed by atoms with Crippen LogP contribution in [-0.2, 0) is 9.59 Å². The summed E-state index contributed by atoms with van der Waals surface area (Å²) in [4.78, 5) is 33.3. The van der Waals surface area contributed by atoms with Gasteiger partial charge in [-0.1, -0.05) is 18.2 Å². The topological polar surface area (TPSA) is 47.1 Å². The minimum Gasteiger partial charge on any atom is -0.339 e. The van der Waals surface area contributed by atoms with Crippen molar-refractivity contribution < 1.29 is 9.59 Å². The number of piperidine rings is 1. The molecule has 6 nitrogen and oxygen atoms in total. The predicted octanol–water partition coefficient (Wildman–Crippen LogP) is 1.67. The molecule has 0 bridgehead atoms. The van der Waals surface area contributed by atoms with Gasteiger partial charge in [-0.3, -0.25) is 19.4 Å². The van der Waals surface area contributed by atoms with E-state index >= 15 is 0 Å². The van der Waals surface area contributed by atoms with Gasteiger partial charge in [-0.05, 0) is 38.3 Å². The van der Waals surface area contributed by atoms with Crippen molar-refractivity contribution in [2.75, 3.05) is 57.8 Å². The third-order valence-electron chi connectivity index (χ3n) is 5.82. The Bertz CT molecular complexity index is 628. The first-order chi connectivity index (χ1) is 13.0. The summed E-state index contributed by atoms with van der Waals surface area (Å²) in [6.45, 7) is 7.34. The fourth-order valence-electron chi connectivity index (χ4n) is 3.95. The van der Waals surface area contributed by atoms with Crippen molar-refractivity contribution in [1.29, 1.82) is 0 Å². The van der Waals surface area contributed by atoms with Crippen LogP contribution < -0.4 is 4.90 Å². The van der Waals surface area contributed by atoms with E-state index in [4.69, 9.17) is 0 Å². The Hall–Kier alpha value is -1.92. The van der Waals surface area contributed by atoms with Crippen LogP contribution in [0.1, 0.15) is 26.2 Å². The van der Waals surface area contributed by atoms with Crippen LogP contribution in [0.4, 0.5) is 5.69 Å². The van der Waals surface area contributed by atoms with Crippen LogP contribution in [0, 0.1) is 0 Å². The monoisotopic (exact) mass is 372 g/mol. The number of amides is 2. The molecule has 1 aromatic rings. The lowest BCUT2D eigenvalue weighted by atomic mass is 10.0. The zero-order chi connectivity index (χ0) is 19.2. The number of carbonyl (C=O) groups is 2. The Kier molecular flexibility index (Phi) is 6.85. The van der Waals surface area contributed by atoms with E-state index in [0.29, 0.717) is 19.1 Å². The van der Waals surface area contributed by atoms with Crippen molar-refractivity contribution in [3.05, 3.63) is 30.3 Å². The van der Waals surface area contributed by atoms with Crippen molar-refractivity contribution in [2.45, 2.75) is 32.2 Å². The summed E-state index contributed by atoms with van der Waals surface area (Å²) >= 11 is 0. The van der Waals surface area contributed by atoms with E-state index in [2.05, 4.69) is 16.7 Å². The van der Waals surface area contributed by atoms with Crippen LogP contribution in [0.2, 0.25) is 0 Å². The summed E-state index contributed by atoms with van der Waals surface area (Å²) in [5.41, 5.74) is 0.919. The second-order valence-corrected chi connectivity index (χ2v) is 7.77. The number of anilines is 1. The lowest BCUT2D eigenvalue weighted by Crippen LogP contribution is -2.53. The lowest BCUT2D eigenvalue weighted by Gasteiger charge is -2.38. The molecule has 1 unspecified atom stereocenters. The molecule has 2 fully saturated rings. The quantitative estimate of drug-likeness (QED) is 0.789. The van der Waals surface area contributed by atoms with Gasteiger partial charge in [0.1, 0.15) is 0 Å². The first-order valence-electron chi connectivity index (χ1n) is 10.1. The van der Waals surface area contributed by atoms with Gasteiger partial charge in [0.25, 0.3) is 0 Å². The van der Waals surface area contributed by atoms with E-state index in [1.54, 1.807) is 4.90 Å². The summed E-state index contributed by atoms with van der Waals surface area (Å²) in [7, 11) is 1.83. The van der Waals surface area contributed by atoms with E-state index in [-0.39, 0.29) is 11.8 Å². The van der Waals surface area contributed by atoms with Gasteiger partial charge < -0.3 is 9.80 Å². The highest BCUT2D eigenvalue weighted by Crippen LogP contribution is 2.17. The number of rotatable bonds is 5. The van der Waals surface area contributed by atoms with Gasteiger partial charge >= 0.3 is 0 Å². The van der Waals surface area contributed by atoms with Crippen molar-refractivity contribution in [2.24, 2.45) is 0 Å². The van der Waals surface area contributed by atoms with Crippen molar-refractivity contribution in [1.82, 2.24) is 14.7 Å². The summed E-state index contributed by atoms with van der Waals surface area (Å²) in [6, 6.07) is 10.1. The molecule has 1 aromatic carbocycles. The number of hydrogen-bond donors (Lipinski definition) is 0. The van der Waals surface area contributed by atoms with E-state index in [1.165, 1.54) is 6.42 Å². The molecule has 2 heterocycles. The highest BCUT2D eigenvalue weighted by Gasteiger charge is 2.27. The second kappa shape index (κ2) is 9.33. The van der Waals surface area contributed by atoms with Gasteiger partial charge in [-0.2, -0.15) is 0 Å². The van der Waals surface area contributed by atoms with Crippen LogP contribution in [-0.4, -0.2) is 85.4 Å². The number of likely N-dealkylation sites (tertiary alicyclic amines) is 1. The second-order valence-electron chi connectivity index (χ2n) is 7.77. The number of piperazine rings is 1. The Labute approximate surface area is 162 Å². The zero-order valence-corrected chi connectivity index (χ0v) is 16.6. The molecular weight excluding hydrogens is 340 g/mol. The average molecular weight is 373 g/mol. The molecule has 2 aliphatic heterocycles. The first kappa shape index (κ1) is 19.8. The Morgan fingerprint density at radius 2 is 1.59 bits per heavy atom. The number of likely N-dealkylation sites (N-methyl/N-ethyl adjacent to an activating group) is 1. The van der Waals surface area contributed by atoms with E-state index in [1.807, 2.05) is 42.3 Å². The molecular formula is C21H32N4O2. The predicted molar refractivity (Wildman–Crippen MR) is 108 cm³/mol. The molecule has 0 N–H and O–H groups in total. The van der Waals surface area contributed by atoms with E-state index in [9.17, 15) is 9.59 Å². The molecule has 0 spiro atoms. The van der Waals surface area contributed by atoms with Crippen molar-refractivity contribution in [3.8, 4) is 0 Å². The lowest BCUT2D eigenvalue weighted by molar-refractivity contribution is -0.136. The van der Waals surface area contributed by atoms with Gasteiger partial charge in [-0.25, -0.2) is 0 Å². The maximum absolute atomic E-state index is 12.6. The molecule has 0 aliphatic carbocycles. The van der Waals surface area contributed by atoms with Gasteiger partial charge in [0.05, 0.1) is 13.1 Å². The van der Waals surface area contributed by atoms with Gasteiger partial charge in [0, 0.05) is 51.5 Å². The molecule has 27 heavy (non-hydrogen) atoms. The van der Waals surface area contributed by atoms with Crippen LogP contribution in [0.25, 0.3) is 0 Å². The zero-order valence-electron chi connectivity index (χ0n) is 16.6. The molecule has 3 rings (SSSR count). The molecule has 2 saturated heterocycles. The summed E-state index contributed by atoms with van der Waals surface area (Å²) in [5, 5.41) is 0. The molecule has 0 saturated carbocycles. The summed E-state index contributed by atoms with van der Waals surface area (Å²) < 4.78 is 0. The number of carbonyl (C=O) groups excluding carboxylic acids is 2. The SMILES string of the molecule is CC1CCCCN1C(=O)CN1CCN(CC(=O)N(C)c2ccccc2)CC1. The minimum absolute atomic E-state index is 0.105. The van der Waals surface area contributed by atoms with E-state index < -0.39 is 0 Å². The summed E-state index contributed by atoms with van der Waals surface area (Å²) in [5.74, 6) is 0.364. The van der Waals surface area contributed by atoms with Crippen LogP contribution in [0.15, 0.2) is 30.3 Å². The average Bonchev–Trinajstić information content (AvgIpc) is 2.69. The first-order valence-corrected chi connectivity index (χ1v) is 10.1. The number of nitrogens with zero attached hydrogens (tertiary/aromatic N) is 4. The molecule has 2 amide bonds. The van der Waals surface area contributed by atoms with Crippen LogP contribution in [0.3, 0.4) is 0 Å². The third-order valence-corrected chi connectivity index (χ3v) is 5.82. The Morgan fingerprint density at radius 1 is 0.963 bits per heavy atom. The Balaban J connectivity index is 1.42. The minimum atomic E-state index is 0.105. The number of hydrogen-bond acceptors (Lipinski definition) is 4. The maximum atomic E-state index is 12.6. The smallest absolute Gasteiger partial charge is 0.240 e. The van der Waals surface area contributed by atoms with Crippen molar-refractivity contribution >= 4 is 17.5 Å². The van der Waals surface area contributed by atoms with Crippen LogP contribution >= 0.6 is 0 Å². The van der Waals surface area contributed by atoms with E-state index in [0.717, 1.165) is 51.3 Å². The largest absolute Gasteiger partial charge is 0.339 e. The maximum Gasteiger partial charge on any atom is 0.240 e. The Morgan fingerprint density at radius 3 is 2.22 bits per heavy atom. The molecule has 2 aliphatic rings. The molecule has 6 heteroatoms. The molecule has 0 radical (unpaired) electrons. The highest BCUT2D eigenvalue weighted by atomic mass is 16.2. The molecule has 1 atom stereocenters. The summed E-state index contributed by atoms with van der Waals surface area (Å²) in [6.07, 6.45) is 3.48. The number of para-hydroxylation sites is 1. The van der Waals surface area contributed by atoms with Crippen LogP contribution in [0.5, 0.6) is 0 Å². The fraction of sp³-hybridized carbons (Fsp3) is 0.619. The fourth-order valence-corrected chi connectivity index (χ4v) is 3.95. The van der Waals surface area contributed by atoms with Crippen molar-refractivity contribution in [3.63, 3.8) is 0 Å². The normalized spacial score (nSPS) is 21.9. The standard InChI is InChI=1S/C21H32N4O2/c1-18-8-6-7-11-25(18)21(27)17-24-14-12-23(13-15-24)16-20(26)22(2)19-9-4-3-5-10-19/h3-5,9-10,18H,6-8,11-17H2,1-2H3. The number of benzene rings is 1. The van der Waals surface area contributed by atoms with Gasteiger partial charge in [0.15, 0.2) is 0 Å².